The van der Waals surface area contributed by atoms with Crippen molar-refractivity contribution in [2.75, 3.05) is 13.1 Å². The van der Waals surface area contributed by atoms with Gasteiger partial charge in [0.2, 0.25) is 0 Å². The second-order valence-electron chi connectivity index (χ2n) is 5.93. The van der Waals surface area contributed by atoms with Gasteiger partial charge >= 0.3 is 0 Å². The van der Waals surface area contributed by atoms with Crippen LogP contribution in [0.4, 0.5) is 0 Å². The van der Waals surface area contributed by atoms with Gasteiger partial charge in [-0.3, -0.25) is 4.79 Å². The number of amides is 1. The van der Waals surface area contributed by atoms with Crippen LogP contribution in [-0.4, -0.2) is 23.9 Å². The van der Waals surface area contributed by atoms with Crippen LogP contribution in [0.25, 0.3) is 0 Å². The average Bonchev–Trinajstić information content (AvgIpc) is 2.97. The highest BCUT2D eigenvalue weighted by Crippen LogP contribution is 2.44. The van der Waals surface area contributed by atoms with E-state index in [-0.39, 0.29) is 5.91 Å². The largest absolute Gasteiger partial charge is 0.469 e. The van der Waals surface area contributed by atoms with Gasteiger partial charge < -0.3 is 9.32 Å². The lowest BCUT2D eigenvalue weighted by Crippen LogP contribution is -2.33. The number of aryl methyl sites for hydroxylation is 1. The van der Waals surface area contributed by atoms with Gasteiger partial charge in [-0.1, -0.05) is 19.3 Å². The molecule has 0 N–H and O–H groups in total. The van der Waals surface area contributed by atoms with Crippen molar-refractivity contribution in [1.82, 2.24) is 4.90 Å². The molecule has 0 unspecified atom stereocenters. The molecule has 1 saturated carbocycles. The minimum Gasteiger partial charge on any atom is -0.469 e. The maximum atomic E-state index is 12.4. The molecule has 3 rings (SSSR count). The molecule has 2 fully saturated rings. The summed E-state index contributed by atoms with van der Waals surface area (Å²) < 4.78 is 5.23. The molecule has 1 aromatic heterocycles. The molecule has 98 valence electrons. The predicted octanol–water partition coefficient (Wildman–Crippen LogP) is 3.38. The van der Waals surface area contributed by atoms with Gasteiger partial charge in [0.05, 0.1) is 11.8 Å². The standard InChI is InChI=1S/C15H21NO2/c1-12-13(5-10-18-12)14(17)16-9-8-15(11-16)6-3-2-4-7-15/h5,10H,2-4,6-9,11H2,1H3. The Labute approximate surface area is 108 Å². The number of hydrogen-bond donors (Lipinski definition) is 0. The number of likely N-dealkylation sites (tertiary alicyclic amines) is 1. The molecular formula is C15H21NO2. The second-order valence-corrected chi connectivity index (χ2v) is 5.93. The molecule has 1 aliphatic heterocycles. The third-order valence-corrected chi connectivity index (χ3v) is 4.73. The number of carbonyl (C=O) groups excluding carboxylic acids is 1. The molecule has 18 heavy (non-hydrogen) atoms. The Bertz CT molecular complexity index is 443. The molecule has 1 amide bonds. The number of furan rings is 1. The third kappa shape index (κ3) is 1.96. The average molecular weight is 247 g/mol. The van der Waals surface area contributed by atoms with Gasteiger partial charge in [-0.05, 0) is 37.7 Å². The summed E-state index contributed by atoms with van der Waals surface area (Å²) in [5, 5.41) is 0. The van der Waals surface area contributed by atoms with Gasteiger partial charge in [-0.25, -0.2) is 0 Å². The summed E-state index contributed by atoms with van der Waals surface area (Å²) in [7, 11) is 0. The Morgan fingerprint density at radius 2 is 2.06 bits per heavy atom. The third-order valence-electron chi connectivity index (χ3n) is 4.73. The summed E-state index contributed by atoms with van der Waals surface area (Å²) in [5.41, 5.74) is 1.17. The summed E-state index contributed by atoms with van der Waals surface area (Å²) in [5.74, 6) is 0.897. The van der Waals surface area contributed by atoms with Crippen molar-refractivity contribution in [2.24, 2.45) is 5.41 Å². The van der Waals surface area contributed by atoms with Crippen LogP contribution in [0.2, 0.25) is 0 Å². The minimum absolute atomic E-state index is 0.156. The molecular weight excluding hydrogens is 226 g/mol. The first kappa shape index (κ1) is 11.8. The zero-order valence-corrected chi connectivity index (χ0v) is 11.1. The monoisotopic (exact) mass is 247 g/mol. The molecule has 1 spiro atoms. The van der Waals surface area contributed by atoms with Crippen LogP contribution in [0.15, 0.2) is 16.7 Å². The van der Waals surface area contributed by atoms with Crippen molar-refractivity contribution < 1.29 is 9.21 Å². The van der Waals surface area contributed by atoms with Crippen molar-refractivity contribution in [2.45, 2.75) is 45.4 Å². The van der Waals surface area contributed by atoms with Gasteiger partial charge in [0.15, 0.2) is 0 Å². The summed E-state index contributed by atoms with van der Waals surface area (Å²) in [4.78, 5) is 14.5. The second kappa shape index (κ2) is 4.45. The Morgan fingerprint density at radius 3 is 2.72 bits per heavy atom. The van der Waals surface area contributed by atoms with Crippen LogP contribution < -0.4 is 0 Å². The number of hydrogen-bond acceptors (Lipinski definition) is 2. The van der Waals surface area contributed by atoms with Crippen LogP contribution in [0.3, 0.4) is 0 Å². The van der Waals surface area contributed by atoms with Crippen molar-refractivity contribution in [3.05, 3.63) is 23.7 Å². The van der Waals surface area contributed by atoms with Gasteiger partial charge in [0, 0.05) is 13.1 Å². The highest BCUT2D eigenvalue weighted by atomic mass is 16.3. The maximum absolute atomic E-state index is 12.4. The maximum Gasteiger partial charge on any atom is 0.257 e. The fourth-order valence-corrected chi connectivity index (χ4v) is 3.60. The summed E-state index contributed by atoms with van der Waals surface area (Å²) in [6, 6.07) is 1.80. The summed E-state index contributed by atoms with van der Waals surface area (Å²) in [6.45, 7) is 3.74. The predicted molar refractivity (Wildman–Crippen MR) is 69.5 cm³/mol. The highest BCUT2D eigenvalue weighted by Gasteiger charge is 2.40. The zero-order chi connectivity index (χ0) is 12.6. The molecule has 2 heterocycles. The van der Waals surface area contributed by atoms with E-state index >= 15 is 0 Å². The molecule has 1 aromatic rings. The molecule has 3 heteroatoms. The zero-order valence-electron chi connectivity index (χ0n) is 11.1. The molecule has 1 aliphatic carbocycles. The molecule has 0 atom stereocenters. The molecule has 1 saturated heterocycles. The number of nitrogens with zero attached hydrogens (tertiary/aromatic N) is 1. The SMILES string of the molecule is Cc1occc1C(=O)N1CCC2(CCCCC2)C1. The van der Waals surface area contributed by atoms with E-state index in [1.54, 1.807) is 12.3 Å². The van der Waals surface area contributed by atoms with E-state index in [4.69, 9.17) is 4.42 Å². The topological polar surface area (TPSA) is 33.5 Å². The lowest BCUT2D eigenvalue weighted by Gasteiger charge is -2.33. The lowest BCUT2D eigenvalue weighted by atomic mass is 9.73. The van der Waals surface area contributed by atoms with E-state index in [1.807, 2.05) is 11.8 Å². The highest BCUT2D eigenvalue weighted by molar-refractivity contribution is 5.95. The summed E-state index contributed by atoms with van der Waals surface area (Å²) in [6.07, 6.45) is 9.46. The minimum atomic E-state index is 0.156. The van der Waals surface area contributed by atoms with Gasteiger partial charge in [0.1, 0.15) is 5.76 Å². The first-order valence-electron chi connectivity index (χ1n) is 7.04. The van der Waals surface area contributed by atoms with Crippen LogP contribution in [0.1, 0.15) is 54.6 Å². The molecule has 0 bridgehead atoms. The van der Waals surface area contributed by atoms with E-state index in [1.165, 1.54) is 38.5 Å². The Morgan fingerprint density at radius 1 is 1.28 bits per heavy atom. The van der Waals surface area contributed by atoms with Crippen molar-refractivity contribution in [1.29, 1.82) is 0 Å². The van der Waals surface area contributed by atoms with Gasteiger partial charge in [-0.15, -0.1) is 0 Å². The molecule has 0 radical (unpaired) electrons. The Kier molecular flexibility index (Phi) is 2.92. The van der Waals surface area contributed by atoms with Crippen LogP contribution >= 0.6 is 0 Å². The van der Waals surface area contributed by atoms with E-state index < -0.39 is 0 Å². The number of rotatable bonds is 1. The van der Waals surface area contributed by atoms with E-state index in [0.717, 1.165) is 24.4 Å². The number of carbonyl (C=O) groups is 1. The molecule has 3 nitrogen and oxygen atoms in total. The van der Waals surface area contributed by atoms with E-state index in [0.29, 0.717) is 5.41 Å². The van der Waals surface area contributed by atoms with Gasteiger partial charge in [0.25, 0.3) is 5.91 Å². The van der Waals surface area contributed by atoms with Crippen LogP contribution in [0, 0.1) is 12.3 Å². The van der Waals surface area contributed by atoms with Crippen molar-refractivity contribution >= 4 is 5.91 Å². The quantitative estimate of drug-likeness (QED) is 0.762. The Balaban J connectivity index is 1.72. The van der Waals surface area contributed by atoms with Crippen LogP contribution in [0.5, 0.6) is 0 Å². The molecule has 0 aromatic carbocycles. The van der Waals surface area contributed by atoms with Gasteiger partial charge in [-0.2, -0.15) is 0 Å². The fraction of sp³-hybridized carbons (Fsp3) is 0.667. The first-order chi connectivity index (χ1) is 8.70. The van der Waals surface area contributed by atoms with E-state index in [2.05, 4.69) is 0 Å². The van der Waals surface area contributed by atoms with Crippen molar-refractivity contribution in [3.63, 3.8) is 0 Å². The van der Waals surface area contributed by atoms with Crippen molar-refractivity contribution in [3.8, 4) is 0 Å². The normalized spacial score (nSPS) is 22.6. The smallest absolute Gasteiger partial charge is 0.257 e. The first-order valence-corrected chi connectivity index (χ1v) is 7.04. The van der Waals surface area contributed by atoms with Crippen LogP contribution in [-0.2, 0) is 0 Å². The fourth-order valence-electron chi connectivity index (χ4n) is 3.60. The summed E-state index contributed by atoms with van der Waals surface area (Å²) >= 11 is 0. The van der Waals surface area contributed by atoms with E-state index in [9.17, 15) is 4.79 Å². The molecule has 2 aliphatic rings. The Hall–Kier alpha value is -1.25. The lowest BCUT2D eigenvalue weighted by molar-refractivity contribution is 0.0757.